The standard InChI is InChI=1S/C29H30N4O6/c1-36-24-5-3-4-22(16-24)27(38-19-20-6-8-21(9-7-20)29(35)37-2)18-32-12-14-33(15-13-32)28(34)23-10-11-25-26(17-23)31-39-30-25/h3-11,16-17,27H,12-15,18-19H2,1-2H3. The molecule has 0 aliphatic carbocycles. The van der Waals surface area contributed by atoms with Crippen LogP contribution in [-0.2, 0) is 16.1 Å². The van der Waals surface area contributed by atoms with Crippen molar-refractivity contribution in [2.24, 2.45) is 0 Å². The molecule has 5 rings (SSSR count). The molecule has 0 saturated carbocycles. The smallest absolute Gasteiger partial charge is 0.337 e. The highest BCUT2D eigenvalue weighted by Gasteiger charge is 2.25. The second-order valence-corrected chi connectivity index (χ2v) is 9.33. The zero-order valence-corrected chi connectivity index (χ0v) is 21.9. The number of carbonyl (C=O) groups excluding carboxylic acids is 2. The molecule has 10 heteroatoms. The first-order valence-corrected chi connectivity index (χ1v) is 12.7. The lowest BCUT2D eigenvalue weighted by atomic mass is 10.1. The van der Waals surface area contributed by atoms with Gasteiger partial charge in [0.15, 0.2) is 0 Å². The van der Waals surface area contributed by atoms with E-state index < -0.39 is 0 Å². The van der Waals surface area contributed by atoms with Gasteiger partial charge < -0.3 is 19.1 Å². The van der Waals surface area contributed by atoms with Gasteiger partial charge in [0.2, 0.25) is 0 Å². The van der Waals surface area contributed by atoms with E-state index in [-0.39, 0.29) is 18.0 Å². The average Bonchev–Trinajstić information content (AvgIpc) is 3.47. The Kier molecular flexibility index (Phi) is 8.14. The highest BCUT2D eigenvalue weighted by atomic mass is 16.6. The number of nitrogens with zero attached hydrogens (tertiary/aromatic N) is 4. The maximum absolute atomic E-state index is 13.1. The molecule has 1 fully saturated rings. The number of benzene rings is 3. The Balaban J connectivity index is 1.23. The van der Waals surface area contributed by atoms with Crippen LogP contribution >= 0.6 is 0 Å². The van der Waals surface area contributed by atoms with Crippen molar-refractivity contribution in [2.45, 2.75) is 12.7 Å². The molecule has 0 N–H and O–H groups in total. The van der Waals surface area contributed by atoms with Gasteiger partial charge in [-0.1, -0.05) is 24.3 Å². The van der Waals surface area contributed by atoms with E-state index in [0.29, 0.717) is 48.4 Å². The number of aromatic nitrogens is 2. The molecule has 1 saturated heterocycles. The number of esters is 1. The molecule has 39 heavy (non-hydrogen) atoms. The molecule has 10 nitrogen and oxygen atoms in total. The number of rotatable bonds is 9. The first-order valence-electron chi connectivity index (χ1n) is 12.7. The molecule has 0 bridgehead atoms. The molecule has 0 radical (unpaired) electrons. The van der Waals surface area contributed by atoms with Gasteiger partial charge in [-0.05, 0) is 63.9 Å². The van der Waals surface area contributed by atoms with Crippen LogP contribution < -0.4 is 4.74 Å². The van der Waals surface area contributed by atoms with Gasteiger partial charge >= 0.3 is 5.97 Å². The zero-order chi connectivity index (χ0) is 27.2. The van der Waals surface area contributed by atoms with Gasteiger partial charge in [-0.3, -0.25) is 9.69 Å². The third kappa shape index (κ3) is 6.24. The number of amides is 1. The lowest BCUT2D eigenvalue weighted by molar-refractivity contribution is 0.00331. The fourth-order valence-electron chi connectivity index (χ4n) is 4.61. The summed E-state index contributed by atoms with van der Waals surface area (Å²) in [6.45, 7) is 3.68. The maximum atomic E-state index is 13.1. The van der Waals surface area contributed by atoms with Crippen LogP contribution in [0.4, 0.5) is 0 Å². The van der Waals surface area contributed by atoms with Crippen molar-refractivity contribution in [2.75, 3.05) is 46.9 Å². The Morgan fingerprint density at radius 3 is 2.38 bits per heavy atom. The van der Waals surface area contributed by atoms with E-state index in [0.717, 1.165) is 30.0 Å². The molecule has 3 aromatic carbocycles. The van der Waals surface area contributed by atoms with Crippen LogP contribution in [0.1, 0.15) is 37.9 Å². The highest BCUT2D eigenvalue weighted by Crippen LogP contribution is 2.25. The molecule has 0 spiro atoms. The summed E-state index contributed by atoms with van der Waals surface area (Å²) < 4.78 is 21.4. The van der Waals surface area contributed by atoms with Crippen molar-refractivity contribution in [3.63, 3.8) is 0 Å². The van der Waals surface area contributed by atoms with E-state index in [1.807, 2.05) is 41.3 Å². The summed E-state index contributed by atoms with van der Waals surface area (Å²) in [5, 5.41) is 7.64. The number of hydrogen-bond acceptors (Lipinski definition) is 9. The Bertz CT molecular complexity index is 1430. The molecule has 1 aliphatic heterocycles. The van der Waals surface area contributed by atoms with E-state index in [9.17, 15) is 9.59 Å². The van der Waals surface area contributed by atoms with Gasteiger partial charge in [-0.2, -0.15) is 0 Å². The number of ether oxygens (including phenoxy) is 3. The van der Waals surface area contributed by atoms with E-state index in [1.165, 1.54) is 7.11 Å². The van der Waals surface area contributed by atoms with Crippen molar-refractivity contribution in [1.82, 2.24) is 20.1 Å². The number of hydrogen-bond donors (Lipinski definition) is 0. The Morgan fingerprint density at radius 1 is 0.897 bits per heavy atom. The second-order valence-electron chi connectivity index (χ2n) is 9.33. The number of fused-ring (bicyclic) bond motifs is 1. The summed E-state index contributed by atoms with van der Waals surface area (Å²) in [6.07, 6.45) is -0.218. The third-order valence-corrected chi connectivity index (χ3v) is 6.88. The number of carbonyl (C=O) groups is 2. The highest BCUT2D eigenvalue weighted by molar-refractivity contribution is 5.97. The van der Waals surface area contributed by atoms with Crippen LogP contribution in [0.5, 0.6) is 5.75 Å². The topological polar surface area (TPSA) is 107 Å². The molecule has 1 amide bonds. The van der Waals surface area contributed by atoms with Crippen LogP contribution in [0.15, 0.2) is 71.4 Å². The maximum Gasteiger partial charge on any atom is 0.337 e. The van der Waals surface area contributed by atoms with Gasteiger partial charge in [0.1, 0.15) is 16.8 Å². The van der Waals surface area contributed by atoms with Crippen LogP contribution in [0.3, 0.4) is 0 Å². The van der Waals surface area contributed by atoms with Gasteiger partial charge in [0.05, 0.1) is 32.5 Å². The SMILES string of the molecule is COC(=O)c1ccc(COC(CN2CCN(C(=O)c3ccc4nonc4c3)CC2)c2cccc(OC)c2)cc1. The summed E-state index contributed by atoms with van der Waals surface area (Å²) in [4.78, 5) is 29.0. The fourth-order valence-corrected chi connectivity index (χ4v) is 4.61. The summed E-state index contributed by atoms with van der Waals surface area (Å²) in [6, 6.07) is 20.3. The van der Waals surface area contributed by atoms with Crippen molar-refractivity contribution in [3.05, 3.63) is 89.0 Å². The minimum absolute atomic E-state index is 0.0319. The molecular formula is C29H30N4O6. The molecule has 1 unspecified atom stereocenters. The largest absolute Gasteiger partial charge is 0.497 e. The lowest BCUT2D eigenvalue weighted by Gasteiger charge is -2.36. The van der Waals surface area contributed by atoms with Gasteiger partial charge in [0.25, 0.3) is 5.91 Å². The summed E-state index contributed by atoms with van der Waals surface area (Å²) in [7, 11) is 3.01. The van der Waals surface area contributed by atoms with Gasteiger partial charge in [0, 0.05) is 38.3 Å². The van der Waals surface area contributed by atoms with Crippen LogP contribution in [-0.4, -0.2) is 78.9 Å². The summed E-state index contributed by atoms with van der Waals surface area (Å²) in [5.74, 6) is 0.360. The molecule has 202 valence electrons. The Morgan fingerprint density at radius 2 is 1.64 bits per heavy atom. The fraction of sp³-hybridized carbons (Fsp3) is 0.310. The van der Waals surface area contributed by atoms with Crippen LogP contribution in [0, 0.1) is 0 Å². The quantitative estimate of drug-likeness (QED) is 0.299. The van der Waals surface area contributed by atoms with Gasteiger partial charge in [-0.15, -0.1) is 0 Å². The van der Waals surface area contributed by atoms with Gasteiger partial charge in [-0.25, -0.2) is 9.42 Å². The van der Waals surface area contributed by atoms with E-state index in [1.54, 1.807) is 37.4 Å². The van der Waals surface area contributed by atoms with Crippen molar-refractivity contribution in [3.8, 4) is 5.75 Å². The molecule has 4 aromatic rings. The van der Waals surface area contributed by atoms with E-state index in [2.05, 4.69) is 15.2 Å². The average molecular weight is 531 g/mol. The van der Waals surface area contributed by atoms with E-state index >= 15 is 0 Å². The first kappa shape index (κ1) is 26.3. The van der Waals surface area contributed by atoms with Crippen molar-refractivity contribution < 1.29 is 28.4 Å². The minimum Gasteiger partial charge on any atom is -0.497 e. The van der Waals surface area contributed by atoms with Crippen LogP contribution in [0.2, 0.25) is 0 Å². The molecule has 1 atom stereocenters. The predicted molar refractivity (Wildman–Crippen MR) is 142 cm³/mol. The molecular weight excluding hydrogens is 500 g/mol. The second kappa shape index (κ2) is 12.1. The van der Waals surface area contributed by atoms with Crippen molar-refractivity contribution >= 4 is 22.9 Å². The lowest BCUT2D eigenvalue weighted by Crippen LogP contribution is -2.49. The molecule has 2 heterocycles. The summed E-state index contributed by atoms with van der Waals surface area (Å²) >= 11 is 0. The summed E-state index contributed by atoms with van der Waals surface area (Å²) in [5.41, 5.74) is 4.22. The third-order valence-electron chi connectivity index (χ3n) is 6.88. The molecule has 1 aliphatic rings. The number of methoxy groups -OCH3 is 2. The predicted octanol–water partition coefficient (Wildman–Crippen LogP) is 3.73. The Labute approximate surface area is 226 Å². The van der Waals surface area contributed by atoms with E-state index in [4.69, 9.17) is 18.8 Å². The van der Waals surface area contributed by atoms with Crippen molar-refractivity contribution in [1.29, 1.82) is 0 Å². The zero-order valence-electron chi connectivity index (χ0n) is 21.9. The Hall–Kier alpha value is -4.28. The monoisotopic (exact) mass is 530 g/mol. The molecule has 1 aromatic heterocycles. The van der Waals surface area contributed by atoms with Crippen LogP contribution in [0.25, 0.3) is 11.0 Å². The number of piperazine rings is 1. The first-order chi connectivity index (χ1) is 19.0. The minimum atomic E-state index is -0.370. The normalized spacial score (nSPS) is 14.8.